The Morgan fingerprint density at radius 1 is 1.77 bits per heavy atom. The van der Waals surface area contributed by atoms with Gasteiger partial charge in [0.1, 0.15) is 0 Å². The van der Waals surface area contributed by atoms with E-state index in [0.717, 1.165) is 5.75 Å². The summed E-state index contributed by atoms with van der Waals surface area (Å²) in [5.74, 6) is 0.197. The van der Waals surface area contributed by atoms with Crippen molar-refractivity contribution in [3.05, 3.63) is 22.4 Å². The zero-order valence-electron chi connectivity index (χ0n) is 7.40. The van der Waals surface area contributed by atoms with Crippen molar-refractivity contribution in [2.45, 2.75) is 24.3 Å². The molecule has 0 aromatic carbocycles. The first kappa shape index (κ1) is 10.6. The van der Waals surface area contributed by atoms with Crippen molar-refractivity contribution in [2.24, 2.45) is 0 Å². The van der Waals surface area contributed by atoms with E-state index in [9.17, 15) is 4.79 Å². The fourth-order valence-corrected chi connectivity index (χ4v) is 2.61. The molecule has 0 aliphatic heterocycles. The molecule has 0 aliphatic carbocycles. The van der Waals surface area contributed by atoms with E-state index in [-0.39, 0.29) is 11.7 Å². The highest BCUT2D eigenvalue weighted by Crippen LogP contribution is 2.21. The number of aliphatic carboxylic acids is 1. The van der Waals surface area contributed by atoms with Gasteiger partial charge in [-0.15, -0.1) is 0 Å². The standard InChI is InChI=1S/C9H12O2S2/c1-7(4-9(10)11)13-6-8-2-3-12-5-8/h2-3,5,7H,4,6H2,1H3,(H,10,11). The minimum absolute atomic E-state index is 0.192. The van der Waals surface area contributed by atoms with Crippen LogP contribution in [0.3, 0.4) is 0 Å². The molecule has 1 aromatic rings. The molecule has 0 amide bonds. The third kappa shape index (κ3) is 4.33. The predicted molar refractivity (Wildman–Crippen MR) is 57.3 cm³/mol. The molecule has 1 N–H and O–H groups in total. The van der Waals surface area contributed by atoms with Gasteiger partial charge in [-0.1, -0.05) is 6.92 Å². The first-order chi connectivity index (χ1) is 6.18. The van der Waals surface area contributed by atoms with Crippen LogP contribution in [0.2, 0.25) is 0 Å². The van der Waals surface area contributed by atoms with Gasteiger partial charge in [0.2, 0.25) is 0 Å². The van der Waals surface area contributed by atoms with E-state index in [1.54, 1.807) is 23.1 Å². The molecule has 0 saturated heterocycles. The van der Waals surface area contributed by atoms with Gasteiger partial charge in [0.05, 0.1) is 6.42 Å². The lowest BCUT2D eigenvalue weighted by atomic mass is 10.3. The van der Waals surface area contributed by atoms with E-state index < -0.39 is 5.97 Å². The maximum Gasteiger partial charge on any atom is 0.304 e. The van der Waals surface area contributed by atoms with Gasteiger partial charge in [0, 0.05) is 11.0 Å². The second-order valence-corrected chi connectivity index (χ2v) is 5.06. The van der Waals surface area contributed by atoms with Crippen LogP contribution in [0, 0.1) is 0 Å². The summed E-state index contributed by atoms with van der Waals surface area (Å²) in [6, 6.07) is 2.07. The molecule has 1 atom stereocenters. The smallest absolute Gasteiger partial charge is 0.304 e. The van der Waals surface area contributed by atoms with Crippen molar-refractivity contribution in [3.63, 3.8) is 0 Å². The van der Waals surface area contributed by atoms with Crippen LogP contribution in [0.4, 0.5) is 0 Å². The zero-order valence-corrected chi connectivity index (χ0v) is 9.03. The molecular formula is C9H12O2S2. The average Bonchev–Trinajstić information content (AvgIpc) is 2.51. The summed E-state index contributed by atoms with van der Waals surface area (Å²) in [7, 11) is 0. The van der Waals surface area contributed by atoms with Crippen LogP contribution in [0.1, 0.15) is 18.9 Å². The van der Waals surface area contributed by atoms with E-state index in [1.807, 2.05) is 12.3 Å². The normalized spacial score (nSPS) is 12.7. The van der Waals surface area contributed by atoms with E-state index in [4.69, 9.17) is 5.11 Å². The molecule has 0 aliphatic rings. The van der Waals surface area contributed by atoms with Gasteiger partial charge in [0.25, 0.3) is 0 Å². The Balaban J connectivity index is 2.22. The van der Waals surface area contributed by atoms with E-state index in [2.05, 4.69) is 11.4 Å². The molecule has 0 bridgehead atoms. The SMILES string of the molecule is CC(CC(=O)O)SCc1ccsc1. The third-order valence-electron chi connectivity index (χ3n) is 1.58. The fourth-order valence-electron chi connectivity index (χ4n) is 0.918. The van der Waals surface area contributed by atoms with Crippen LogP contribution in [0.5, 0.6) is 0 Å². The molecule has 1 rings (SSSR count). The van der Waals surface area contributed by atoms with Crippen LogP contribution >= 0.6 is 23.1 Å². The maximum absolute atomic E-state index is 10.4. The molecule has 1 unspecified atom stereocenters. The Morgan fingerprint density at radius 3 is 3.08 bits per heavy atom. The minimum Gasteiger partial charge on any atom is -0.481 e. The van der Waals surface area contributed by atoms with Gasteiger partial charge in [-0.05, 0) is 22.4 Å². The number of hydrogen-bond acceptors (Lipinski definition) is 3. The summed E-state index contributed by atoms with van der Waals surface area (Å²) in [6.07, 6.45) is 0.245. The van der Waals surface area contributed by atoms with Gasteiger partial charge < -0.3 is 5.11 Å². The molecule has 0 spiro atoms. The second kappa shape index (κ2) is 5.29. The van der Waals surface area contributed by atoms with Crippen LogP contribution in [-0.4, -0.2) is 16.3 Å². The number of rotatable bonds is 5. The van der Waals surface area contributed by atoms with Crippen molar-refractivity contribution in [1.82, 2.24) is 0 Å². The van der Waals surface area contributed by atoms with E-state index in [0.29, 0.717) is 0 Å². The van der Waals surface area contributed by atoms with Crippen LogP contribution in [-0.2, 0) is 10.5 Å². The lowest BCUT2D eigenvalue weighted by Crippen LogP contribution is -2.05. The lowest BCUT2D eigenvalue weighted by molar-refractivity contribution is -0.136. The molecule has 4 heteroatoms. The summed E-state index contributed by atoms with van der Waals surface area (Å²) < 4.78 is 0. The quantitative estimate of drug-likeness (QED) is 0.822. The van der Waals surface area contributed by atoms with E-state index in [1.165, 1.54) is 5.56 Å². The number of thioether (sulfide) groups is 1. The van der Waals surface area contributed by atoms with Crippen molar-refractivity contribution in [1.29, 1.82) is 0 Å². The lowest BCUT2D eigenvalue weighted by Gasteiger charge is -2.06. The molecule has 72 valence electrons. The second-order valence-electron chi connectivity index (χ2n) is 2.85. The minimum atomic E-state index is -0.717. The summed E-state index contributed by atoms with van der Waals surface area (Å²) in [4.78, 5) is 10.4. The van der Waals surface area contributed by atoms with Gasteiger partial charge in [0.15, 0.2) is 0 Å². The highest BCUT2D eigenvalue weighted by atomic mass is 32.2. The molecule has 0 radical (unpaired) electrons. The molecule has 2 nitrogen and oxygen atoms in total. The van der Waals surface area contributed by atoms with Gasteiger partial charge in [-0.2, -0.15) is 23.1 Å². The van der Waals surface area contributed by atoms with Crippen molar-refractivity contribution >= 4 is 29.1 Å². The number of carboxylic acid groups (broad SMARTS) is 1. The third-order valence-corrected chi connectivity index (χ3v) is 3.54. The van der Waals surface area contributed by atoms with Crippen molar-refractivity contribution in [2.75, 3.05) is 0 Å². The largest absolute Gasteiger partial charge is 0.481 e. The van der Waals surface area contributed by atoms with Gasteiger partial charge in [-0.3, -0.25) is 4.79 Å². The summed E-state index contributed by atoms with van der Waals surface area (Å²) >= 11 is 3.36. The first-order valence-electron chi connectivity index (χ1n) is 4.03. The molecule has 0 saturated carbocycles. The Labute approximate surface area is 86.0 Å². The monoisotopic (exact) mass is 216 g/mol. The van der Waals surface area contributed by atoms with Crippen molar-refractivity contribution < 1.29 is 9.90 Å². The Kier molecular flexibility index (Phi) is 4.32. The van der Waals surface area contributed by atoms with Crippen LogP contribution in [0.15, 0.2) is 16.8 Å². The maximum atomic E-state index is 10.4. The molecule has 1 aromatic heterocycles. The van der Waals surface area contributed by atoms with E-state index >= 15 is 0 Å². The van der Waals surface area contributed by atoms with Crippen LogP contribution in [0.25, 0.3) is 0 Å². The Hall–Kier alpha value is -0.480. The van der Waals surface area contributed by atoms with Gasteiger partial charge >= 0.3 is 5.97 Å². The Bertz CT molecular complexity index is 257. The topological polar surface area (TPSA) is 37.3 Å². The summed E-state index contributed by atoms with van der Waals surface area (Å²) in [6.45, 7) is 1.95. The molecule has 13 heavy (non-hydrogen) atoms. The highest BCUT2D eigenvalue weighted by molar-refractivity contribution is 7.99. The first-order valence-corrected chi connectivity index (χ1v) is 6.02. The fraction of sp³-hybridized carbons (Fsp3) is 0.444. The molecular weight excluding hydrogens is 204 g/mol. The summed E-state index contributed by atoms with van der Waals surface area (Å²) in [5, 5.41) is 12.9. The summed E-state index contributed by atoms with van der Waals surface area (Å²) in [5.41, 5.74) is 1.28. The number of carbonyl (C=O) groups is 1. The van der Waals surface area contributed by atoms with Crippen molar-refractivity contribution in [3.8, 4) is 0 Å². The number of thiophene rings is 1. The highest BCUT2D eigenvalue weighted by Gasteiger charge is 2.07. The predicted octanol–water partition coefficient (Wildman–Crippen LogP) is 2.84. The van der Waals surface area contributed by atoms with Gasteiger partial charge in [-0.25, -0.2) is 0 Å². The molecule has 0 fully saturated rings. The zero-order chi connectivity index (χ0) is 9.68. The Morgan fingerprint density at radius 2 is 2.54 bits per heavy atom. The van der Waals surface area contributed by atoms with Crippen LogP contribution < -0.4 is 0 Å². The average molecular weight is 216 g/mol. The number of hydrogen-bond donors (Lipinski definition) is 1. The number of carboxylic acids is 1. The molecule has 1 heterocycles.